The van der Waals surface area contributed by atoms with Crippen LogP contribution in [0.15, 0.2) is 0 Å². The smallest absolute Gasteiger partial charge is 0.237 e. The van der Waals surface area contributed by atoms with E-state index in [0.29, 0.717) is 0 Å². The molecular formula is C11H24N2OS. The fourth-order valence-corrected chi connectivity index (χ4v) is 1.86. The quantitative estimate of drug-likeness (QED) is 0.701. The summed E-state index contributed by atoms with van der Waals surface area (Å²) in [6.07, 6.45) is 0.937. The van der Waals surface area contributed by atoms with Crippen molar-refractivity contribution in [3.63, 3.8) is 0 Å². The maximum Gasteiger partial charge on any atom is 0.237 e. The lowest BCUT2D eigenvalue weighted by atomic mass is 9.99. The molecule has 0 saturated heterocycles. The van der Waals surface area contributed by atoms with Crippen LogP contribution >= 0.6 is 11.8 Å². The number of carbonyl (C=O) groups excluding carboxylic acids is 1. The summed E-state index contributed by atoms with van der Waals surface area (Å²) in [5.41, 5.74) is 5.83. The van der Waals surface area contributed by atoms with Gasteiger partial charge in [-0.1, -0.05) is 27.2 Å². The van der Waals surface area contributed by atoms with Gasteiger partial charge < -0.3 is 11.1 Å². The number of amides is 1. The third kappa shape index (κ3) is 6.05. The lowest BCUT2D eigenvalue weighted by molar-refractivity contribution is -0.123. The topological polar surface area (TPSA) is 55.1 Å². The monoisotopic (exact) mass is 232 g/mol. The lowest BCUT2D eigenvalue weighted by Gasteiger charge is -2.20. The number of nitrogens with one attached hydrogen (secondary N) is 1. The Morgan fingerprint density at radius 2 is 2.00 bits per heavy atom. The highest BCUT2D eigenvalue weighted by atomic mass is 32.2. The van der Waals surface area contributed by atoms with Crippen molar-refractivity contribution in [3.05, 3.63) is 0 Å². The van der Waals surface area contributed by atoms with Crippen LogP contribution in [-0.2, 0) is 4.79 Å². The summed E-state index contributed by atoms with van der Waals surface area (Å²) in [7, 11) is 0. The van der Waals surface area contributed by atoms with Gasteiger partial charge in [0, 0.05) is 11.8 Å². The molecule has 0 rings (SSSR count). The van der Waals surface area contributed by atoms with Gasteiger partial charge in [-0.3, -0.25) is 4.79 Å². The van der Waals surface area contributed by atoms with Gasteiger partial charge in [-0.25, -0.2) is 0 Å². The number of hydrogen-bond acceptors (Lipinski definition) is 3. The Balaban J connectivity index is 3.90. The lowest BCUT2D eigenvalue weighted by Crippen LogP contribution is -2.48. The van der Waals surface area contributed by atoms with Gasteiger partial charge in [0.2, 0.25) is 5.91 Å². The van der Waals surface area contributed by atoms with Crippen molar-refractivity contribution < 1.29 is 4.79 Å². The van der Waals surface area contributed by atoms with E-state index in [1.165, 1.54) is 0 Å². The van der Waals surface area contributed by atoms with E-state index in [1.54, 1.807) is 0 Å². The highest BCUT2D eigenvalue weighted by Crippen LogP contribution is 2.06. The molecule has 0 aromatic rings. The van der Waals surface area contributed by atoms with E-state index < -0.39 is 0 Å². The third-order valence-electron chi connectivity index (χ3n) is 2.52. The van der Waals surface area contributed by atoms with Gasteiger partial charge in [0.05, 0.1) is 6.04 Å². The van der Waals surface area contributed by atoms with Crippen LogP contribution in [0.3, 0.4) is 0 Å². The maximum absolute atomic E-state index is 11.7. The van der Waals surface area contributed by atoms with Crippen LogP contribution in [0.5, 0.6) is 0 Å². The molecule has 0 saturated carbocycles. The Labute approximate surface area is 97.6 Å². The Hall–Kier alpha value is -0.220. The van der Waals surface area contributed by atoms with Gasteiger partial charge in [-0.15, -0.1) is 0 Å². The van der Waals surface area contributed by atoms with E-state index in [0.717, 1.165) is 17.9 Å². The van der Waals surface area contributed by atoms with Crippen molar-refractivity contribution in [2.45, 2.75) is 46.2 Å². The molecule has 1 amide bonds. The Bertz CT molecular complexity index is 187. The zero-order valence-corrected chi connectivity index (χ0v) is 11.1. The van der Waals surface area contributed by atoms with Gasteiger partial charge in [0.1, 0.15) is 0 Å². The maximum atomic E-state index is 11.7. The summed E-state index contributed by atoms with van der Waals surface area (Å²) < 4.78 is 0. The Kier molecular flexibility index (Phi) is 7.88. The summed E-state index contributed by atoms with van der Waals surface area (Å²) in [6.45, 7) is 8.19. The van der Waals surface area contributed by atoms with Crippen LogP contribution in [0.2, 0.25) is 0 Å². The standard InChI is InChI=1S/C11H24N2OS/c1-5-8(3)10(12)11(14)13-9(4)7-15-6-2/h8-10H,5-7,12H2,1-4H3,(H,13,14). The van der Waals surface area contributed by atoms with E-state index in [-0.39, 0.29) is 23.9 Å². The third-order valence-corrected chi connectivity index (χ3v) is 3.66. The van der Waals surface area contributed by atoms with E-state index in [1.807, 2.05) is 32.5 Å². The second-order valence-corrected chi connectivity index (χ2v) is 5.30. The molecule has 90 valence electrons. The zero-order valence-electron chi connectivity index (χ0n) is 10.2. The first-order chi connectivity index (χ1) is 7.02. The second kappa shape index (κ2) is 7.99. The molecule has 0 aromatic heterocycles. The first-order valence-electron chi connectivity index (χ1n) is 5.66. The highest BCUT2D eigenvalue weighted by Gasteiger charge is 2.20. The summed E-state index contributed by atoms with van der Waals surface area (Å²) in [5, 5.41) is 2.94. The summed E-state index contributed by atoms with van der Waals surface area (Å²) in [6, 6.07) is -0.165. The van der Waals surface area contributed by atoms with Gasteiger partial charge in [0.15, 0.2) is 0 Å². The molecule has 3 atom stereocenters. The molecule has 0 radical (unpaired) electrons. The van der Waals surface area contributed by atoms with Crippen molar-refractivity contribution in [1.82, 2.24) is 5.32 Å². The first kappa shape index (κ1) is 14.8. The van der Waals surface area contributed by atoms with Crippen molar-refractivity contribution in [3.8, 4) is 0 Å². The van der Waals surface area contributed by atoms with Gasteiger partial charge in [-0.2, -0.15) is 11.8 Å². The molecule has 0 aliphatic carbocycles. The molecule has 3 nitrogen and oxygen atoms in total. The van der Waals surface area contributed by atoms with Gasteiger partial charge >= 0.3 is 0 Å². The largest absolute Gasteiger partial charge is 0.351 e. The van der Waals surface area contributed by atoms with Crippen LogP contribution in [0, 0.1) is 5.92 Å². The summed E-state index contributed by atoms with van der Waals surface area (Å²) in [5.74, 6) is 2.26. The van der Waals surface area contributed by atoms with E-state index in [2.05, 4.69) is 12.2 Å². The van der Waals surface area contributed by atoms with Crippen LogP contribution < -0.4 is 11.1 Å². The zero-order chi connectivity index (χ0) is 11.8. The molecular weight excluding hydrogens is 208 g/mol. The predicted octanol–water partition coefficient (Wildman–Crippen LogP) is 1.62. The average Bonchev–Trinajstić information content (AvgIpc) is 2.23. The number of thioether (sulfide) groups is 1. The second-order valence-electron chi connectivity index (χ2n) is 3.98. The van der Waals surface area contributed by atoms with Crippen LogP contribution in [-0.4, -0.2) is 29.5 Å². The van der Waals surface area contributed by atoms with Crippen molar-refractivity contribution in [2.24, 2.45) is 11.7 Å². The molecule has 3 unspecified atom stereocenters. The van der Waals surface area contributed by atoms with Crippen LogP contribution in [0.4, 0.5) is 0 Å². The fraction of sp³-hybridized carbons (Fsp3) is 0.909. The normalized spacial score (nSPS) is 16.9. The number of nitrogens with two attached hydrogens (primary N) is 1. The molecule has 3 N–H and O–H groups in total. The SMILES string of the molecule is CCSCC(C)NC(=O)C(N)C(C)CC. The highest BCUT2D eigenvalue weighted by molar-refractivity contribution is 7.99. The molecule has 0 fully saturated rings. The van der Waals surface area contributed by atoms with Crippen molar-refractivity contribution in [2.75, 3.05) is 11.5 Å². The summed E-state index contributed by atoms with van der Waals surface area (Å²) in [4.78, 5) is 11.7. The number of carbonyl (C=O) groups is 1. The minimum absolute atomic E-state index is 0.0199. The first-order valence-corrected chi connectivity index (χ1v) is 6.82. The fourth-order valence-electron chi connectivity index (χ4n) is 1.19. The molecule has 0 aromatic carbocycles. The Morgan fingerprint density at radius 1 is 1.40 bits per heavy atom. The number of rotatable bonds is 7. The van der Waals surface area contributed by atoms with Crippen molar-refractivity contribution in [1.29, 1.82) is 0 Å². The van der Waals surface area contributed by atoms with Crippen LogP contribution in [0.1, 0.15) is 34.1 Å². The minimum atomic E-state index is -0.371. The molecule has 4 heteroatoms. The molecule has 0 aliphatic rings. The van der Waals surface area contributed by atoms with E-state index >= 15 is 0 Å². The Morgan fingerprint density at radius 3 is 2.47 bits per heavy atom. The molecule has 0 aliphatic heterocycles. The average molecular weight is 232 g/mol. The molecule has 0 heterocycles. The van der Waals surface area contributed by atoms with Crippen molar-refractivity contribution >= 4 is 17.7 Å². The van der Waals surface area contributed by atoms with E-state index in [9.17, 15) is 4.79 Å². The molecule has 0 bridgehead atoms. The minimum Gasteiger partial charge on any atom is -0.351 e. The van der Waals surface area contributed by atoms with E-state index in [4.69, 9.17) is 5.73 Å². The predicted molar refractivity (Wildman–Crippen MR) is 68.0 cm³/mol. The summed E-state index contributed by atoms with van der Waals surface area (Å²) >= 11 is 1.83. The molecule has 15 heavy (non-hydrogen) atoms. The van der Waals surface area contributed by atoms with Gasteiger partial charge in [0.25, 0.3) is 0 Å². The van der Waals surface area contributed by atoms with Gasteiger partial charge in [-0.05, 0) is 18.6 Å². The molecule has 0 spiro atoms. The number of hydrogen-bond donors (Lipinski definition) is 2. The van der Waals surface area contributed by atoms with Crippen LogP contribution in [0.25, 0.3) is 0 Å².